The van der Waals surface area contributed by atoms with Gasteiger partial charge in [0.25, 0.3) is 5.91 Å². The molecule has 0 aromatic heterocycles. The zero-order valence-corrected chi connectivity index (χ0v) is 24.3. The summed E-state index contributed by atoms with van der Waals surface area (Å²) in [7, 11) is 0. The van der Waals surface area contributed by atoms with Gasteiger partial charge in [-0.05, 0) is 73.9 Å². The van der Waals surface area contributed by atoms with Gasteiger partial charge in [-0.2, -0.15) is 0 Å². The number of nitrogens with one attached hydrogen (secondary N) is 1. The van der Waals surface area contributed by atoms with E-state index in [1.807, 2.05) is 19.1 Å². The topological polar surface area (TPSA) is 92.3 Å². The van der Waals surface area contributed by atoms with Gasteiger partial charge in [0.05, 0.1) is 0 Å². The van der Waals surface area contributed by atoms with E-state index in [0.717, 1.165) is 31.2 Å². The average molecular weight is 582 g/mol. The third-order valence-corrected chi connectivity index (χ3v) is 9.48. The maximum Gasteiger partial charge on any atom is 0.259 e. The number of fused-ring (bicyclic) bond motifs is 2. The van der Waals surface area contributed by atoms with E-state index in [9.17, 15) is 9.59 Å². The molecule has 0 radical (unpaired) electrons. The summed E-state index contributed by atoms with van der Waals surface area (Å²) >= 11 is 5.97. The van der Waals surface area contributed by atoms with Crippen molar-refractivity contribution in [3.63, 3.8) is 0 Å². The molecule has 4 aliphatic heterocycles. The van der Waals surface area contributed by atoms with Crippen LogP contribution in [0.3, 0.4) is 0 Å². The molecule has 0 unspecified atom stereocenters. The SMILES string of the molecule is C[C@H]1[C@@H](NC(=O)COc2ccc(/C=C/C(=O)c3cccc(Cl)c3)cc2)O[C@@H]2O[C@@]3(C)CC[C@H]4[C@H](C)CC[C@@H]1[C@@]24OO3. The van der Waals surface area contributed by atoms with E-state index >= 15 is 0 Å². The number of rotatable bonds is 7. The summed E-state index contributed by atoms with van der Waals surface area (Å²) in [5.74, 6) is 0.137. The molecule has 218 valence electrons. The van der Waals surface area contributed by atoms with Gasteiger partial charge < -0.3 is 19.5 Å². The lowest BCUT2D eigenvalue weighted by atomic mass is 9.58. The molecule has 2 bridgehead atoms. The second-order valence-corrected chi connectivity index (χ2v) is 12.4. The fourth-order valence-electron chi connectivity index (χ4n) is 7.00. The Labute approximate surface area is 245 Å². The second kappa shape index (κ2) is 11.2. The quantitative estimate of drug-likeness (QED) is 0.246. The van der Waals surface area contributed by atoms with Gasteiger partial charge in [-0.25, -0.2) is 9.78 Å². The number of allylic oxidation sites excluding steroid dienone is 1. The third kappa shape index (κ3) is 5.44. The molecule has 5 aliphatic rings. The van der Waals surface area contributed by atoms with E-state index in [1.165, 1.54) is 6.08 Å². The minimum Gasteiger partial charge on any atom is -0.484 e. The number of ether oxygens (including phenoxy) is 3. The van der Waals surface area contributed by atoms with Crippen LogP contribution in [0.25, 0.3) is 6.08 Å². The molecule has 9 heteroatoms. The predicted molar refractivity (Wildman–Crippen MR) is 152 cm³/mol. The first kappa shape index (κ1) is 28.4. The monoisotopic (exact) mass is 581 g/mol. The minimum atomic E-state index is -0.861. The third-order valence-electron chi connectivity index (χ3n) is 9.25. The lowest BCUT2D eigenvalue weighted by Gasteiger charge is -2.60. The number of hydrogen-bond acceptors (Lipinski definition) is 7. The number of amides is 1. The van der Waals surface area contributed by atoms with Crippen molar-refractivity contribution in [2.45, 2.75) is 70.4 Å². The highest BCUT2D eigenvalue weighted by atomic mass is 35.5. The molecule has 4 saturated heterocycles. The molecule has 8 atom stereocenters. The molecular weight excluding hydrogens is 546 g/mol. The molecule has 1 N–H and O–H groups in total. The number of halogens is 1. The lowest BCUT2D eigenvalue weighted by Crippen LogP contribution is -2.72. The predicted octanol–water partition coefficient (Wildman–Crippen LogP) is 5.94. The van der Waals surface area contributed by atoms with Gasteiger partial charge in [-0.15, -0.1) is 0 Å². The Kier molecular flexibility index (Phi) is 7.72. The molecule has 1 aliphatic carbocycles. The van der Waals surface area contributed by atoms with Crippen molar-refractivity contribution in [3.8, 4) is 5.75 Å². The highest BCUT2D eigenvalue weighted by Crippen LogP contribution is 2.60. The van der Waals surface area contributed by atoms with Crippen LogP contribution in [0.5, 0.6) is 5.75 Å². The van der Waals surface area contributed by atoms with Crippen molar-refractivity contribution >= 4 is 29.4 Å². The Morgan fingerprint density at radius 3 is 2.66 bits per heavy atom. The first-order chi connectivity index (χ1) is 19.7. The summed E-state index contributed by atoms with van der Waals surface area (Å²) in [6.45, 7) is 6.10. The minimum absolute atomic E-state index is 0.000508. The highest BCUT2D eigenvalue weighted by Gasteiger charge is 2.69. The van der Waals surface area contributed by atoms with E-state index in [0.29, 0.717) is 22.3 Å². The molecule has 7 rings (SSSR count). The second-order valence-electron chi connectivity index (χ2n) is 12.0. The van der Waals surface area contributed by atoms with Crippen LogP contribution < -0.4 is 10.1 Å². The van der Waals surface area contributed by atoms with E-state index in [2.05, 4.69) is 19.2 Å². The number of hydrogen-bond donors (Lipinski definition) is 1. The highest BCUT2D eigenvalue weighted by molar-refractivity contribution is 6.31. The zero-order chi connectivity index (χ0) is 28.8. The Balaban J connectivity index is 1.05. The summed E-state index contributed by atoms with van der Waals surface area (Å²) in [5.41, 5.74) is 0.685. The van der Waals surface area contributed by atoms with Crippen LogP contribution in [-0.2, 0) is 24.0 Å². The summed E-state index contributed by atoms with van der Waals surface area (Å²) in [6, 6.07) is 14.0. The maximum atomic E-state index is 12.9. The number of benzene rings is 2. The molecule has 2 aromatic rings. The van der Waals surface area contributed by atoms with Crippen molar-refractivity contribution in [1.82, 2.24) is 5.32 Å². The average Bonchev–Trinajstić information content (AvgIpc) is 3.19. The zero-order valence-electron chi connectivity index (χ0n) is 23.5. The van der Waals surface area contributed by atoms with Crippen molar-refractivity contribution in [3.05, 3.63) is 70.8 Å². The van der Waals surface area contributed by atoms with Gasteiger partial charge in [0.15, 0.2) is 24.3 Å². The first-order valence-electron chi connectivity index (χ1n) is 14.4. The van der Waals surface area contributed by atoms with Gasteiger partial charge in [0, 0.05) is 28.8 Å². The van der Waals surface area contributed by atoms with Crippen molar-refractivity contribution < 1.29 is 33.6 Å². The summed E-state index contributed by atoms with van der Waals surface area (Å²) in [4.78, 5) is 37.3. The van der Waals surface area contributed by atoms with E-state index in [-0.39, 0.29) is 36.1 Å². The van der Waals surface area contributed by atoms with Gasteiger partial charge in [-0.3, -0.25) is 9.59 Å². The Hall–Kier alpha value is -2.75. The van der Waals surface area contributed by atoms with Crippen LogP contribution in [0.15, 0.2) is 54.6 Å². The smallest absolute Gasteiger partial charge is 0.259 e. The molecule has 1 spiro atoms. The molecule has 1 saturated carbocycles. The Bertz CT molecular complexity index is 1330. The van der Waals surface area contributed by atoms with E-state index in [1.54, 1.807) is 42.5 Å². The van der Waals surface area contributed by atoms with E-state index < -0.39 is 23.9 Å². The standard InChI is InChI=1S/C32H36ClNO7/c1-19-7-13-26-20(2)29(38-30-32(26)25(19)15-16-31(3,39-30)40-41-32)34-28(36)18-37-24-11-8-21(9-12-24)10-14-27(35)22-5-4-6-23(33)17-22/h4-6,8-12,14,17,19-20,25-26,29-30H,7,13,15-16,18H2,1-3H3,(H,34,36)/b14-10+/t19-,20-,25+,26+,29+,30-,31-,32-/m1/s1. The molecular formula is C32H36ClNO7. The van der Waals surface area contributed by atoms with Gasteiger partial charge in [0.2, 0.25) is 5.79 Å². The van der Waals surface area contributed by atoms with Crippen molar-refractivity contribution in [2.75, 3.05) is 6.61 Å². The summed E-state index contributed by atoms with van der Waals surface area (Å²) in [5, 5.41) is 3.54. The van der Waals surface area contributed by atoms with Crippen LogP contribution in [0.4, 0.5) is 0 Å². The Morgan fingerprint density at radius 1 is 1.07 bits per heavy atom. The van der Waals surface area contributed by atoms with Crippen LogP contribution in [0, 0.1) is 23.7 Å². The van der Waals surface area contributed by atoms with Crippen LogP contribution >= 0.6 is 11.6 Å². The van der Waals surface area contributed by atoms with Crippen LogP contribution in [-0.4, -0.2) is 42.2 Å². The van der Waals surface area contributed by atoms with Gasteiger partial charge >= 0.3 is 0 Å². The molecule has 4 heterocycles. The van der Waals surface area contributed by atoms with Crippen LogP contribution in [0.2, 0.25) is 5.02 Å². The first-order valence-corrected chi connectivity index (χ1v) is 14.7. The van der Waals surface area contributed by atoms with Crippen molar-refractivity contribution in [1.29, 1.82) is 0 Å². The molecule has 8 nitrogen and oxygen atoms in total. The Morgan fingerprint density at radius 2 is 1.88 bits per heavy atom. The van der Waals surface area contributed by atoms with E-state index in [4.69, 9.17) is 35.6 Å². The van der Waals surface area contributed by atoms with Gasteiger partial charge in [-0.1, -0.05) is 55.8 Å². The fourth-order valence-corrected chi connectivity index (χ4v) is 7.19. The van der Waals surface area contributed by atoms with Crippen LogP contribution in [0.1, 0.15) is 62.4 Å². The lowest BCUT2D eigenvalue weighted by molar-refractivity contribution is -0.571. The maximum absolute atomic E-state index is 12.9. The molecule has 5 fully saturated rings. The largest absolute Gasteiger partial charge is 0.484 e. The number of ketones is 1. The molecule has 1 amide bonds. The summed E-state index contributed by atoms with van der Waals surface area (Å²) in [6.07, 6.45) is 5.82. The fraction of sp³-hybridized carbons (Fsp3) is 0.500. The summed E-state index contributed by atoms with van der Waals surface area (Å²) < 4.78 is 18.5. The normalized spacial score (nSPS) is 35.9. The van der Waals surface area contributed by atoms with Gasteiger partial charge in [0.1, 0.15) is 12.0 Å². The number of carbonyl (C=O) groups is 2. The number of carbonyl (C=O) groups excluding carboxylic acids is 2. The van der Waals surface area contributed by atoms with Crippen molar-refractivity contribution in [2.24, 2.45) is 23.7 Å². The molecule has 41 heavy (non-hydrogen) atoms. The molecule has 2 aromatic carbocycles.